The van der Waals surface area contributed by atoms with E-state index >= 15 is 0 Å². The van der Waals surface area contributed by atoms with E-state index in [-0.39, 0.29) is 24.0 Å². The van der Waals surface area contributed by atoms with Crippen molar-refractivity contribution < 1.29 is 19.2 Å². The molecule has 1 fully saturated rings. The van der Waals surface area contributed by atoms with Crippen LogP contribution in [0.25, 0.3) is 17.0 Å². The fraction of sp³-hybridized carbons (Fsp3) is 0.381. The molecule has 0 saturated carbocycles. The number of ether oxygens (including phenoxy) is 2. The fourth-order valence-electron chi connectivity index (χ4n) is 4.90. The van der Waals surface area contributed by atoms with Crippen LogP contribution in [0.2, 0.25) is 0 Å². The zero-order valence-corrected chi connectivity index (χ0v) is 14.9. The minimum absolute atomic E-state index is 0.100. The first kappa shape index (κ1) is 15.7. The van der Waals surface area contributed by atoms with E-state index in [4.69, 9.17) is 14.5 Å². The first-order valence-corrected chi connectivity index (χ1v) is 9.20. The first-order valence-electron chi connectivity index (χ1n) is 9.20. The second-order valence-electron chi connectivity index (χ2n) is 7.50. The summed E-state index contributed by atoms with van der Waals surface area (Å²) in [6, 6.07) is 8.57. The maximum absolute atomic E-state index is 12.3. The van der Waals surface area contributed by atoms with E-state index in [2.05, 4.69) is 37.4 Å². The van der Waals surface area contributed by atoms with E-state index < -0.39 is 0 Å². The average Bonchev–Trinajstić information content (AvgIpc) is 3.06. The van der Waals surface area contributed by atoms with Crippen molar-refractivity contribution in [3.8, 4) is 0 Å². The molecule has 134 valence electrons. The van der Waals surface area contributed by atoms with Crippen LogP contribution in [0.3, 0.4) is 0 Å². The van der Waals surface area contributed by atoms with Gasteiger partial charge in [-0.2, -0.15) is 0 Å². The quantitative estimate of drug-likeness (QED) is 0.797. The zero-order chi connectivity index (χ0) is 17.8. The Morgan fingerprint density at radius 3 is 3.04 bits per heavy atom. The van der Waals surface area contributed by atoms with Crippen molar-refractivity contribution in [1.29, 1.82) is 0 Å². The van der Waals surface area contributed by atoms with Gasteiger partial charge in [0.25, 0.3) is 0 Å². The highest BCUT2D eigenvalue weighted by Gasteiger charge is 2.47. The average molecular weight is 350 g/mol. The molecule has 0 bridgehead atoms. The molecule has 1 N–H and O–H groups in total. The highest BCUT2D eigenvalue weighted by Crippen LogP contribution is 2.41. The van der Waals surface area contributed by atoms with Crippen molar-refractivity contribution in [2.45, 2.75) is 25.5 Å². The van der Waals surface area contributed by atoms with E-state index in [1.165, 1.54) is 23.0 Å². The van der Waals surface area contributed by atoms with Crippen LogP contribution in [0.4, 0.5) is 0 Å². The lowest BCUT2D eigenvalue weighted by atomic mass is 9.73. The third-order valence-corrected chi connectivity index (χ3v) is 6.26. The summed E-state index contributed by atoms with van der Waals surface area (Å²) >= 11 is 0. The number of hydrogen-bond donors (Lipinski definition) is 1. The number of rotatable bonds is 1. The minimum Gasteiger partial charge on any atom is -0.656 e. The molecule has 5 atom stereocenters. The number of nitrogens with one attached hydrogen (secondary N) is 1. The minimum atomic E-state index is -0.275. The van der Waals surface area contributed by atoms with Crippen LogP contribution < -0.4 is 9.88 Å². The standard InChI is InChI=1S/C21H21N2O3/c1-12-16-10-23-8-7-14-13-5-3-4-6-18(13)22-20(14)19(23)9-15(16)17(11-26-12)21(24)25-2/h3-8,11-12,15-16,19H,9-10H2,1-2H3/q-1/p+1. The van der Waals surface area contributed by atoms with Gasteiger partial charge < -0.3 is 19.4 Å². The second-order valence-corrected chi connectivity index (χ2v) is 7.50. The molecule has 1 saturated heterocycles. The van der Waals surface area contributed by atoms with Crippen LogP contribution >= 0.6 is 0 Å². The molecule has 5 unspecified atom stereocenters. The molecule has 1 aromatic heterocycles. The summed E-state index contributed by atoms with van der Waals surface area (Å²) in [6.07, 6.45) is 7.08. The van der Waals surface area contributed by atoms with Gasteiger partial charge in [0, 0.05) is 12.3 Å². The van der Waals surface area contributed by atoms with Crippen LogP contribution in [0.15, 0.2) is 42.3 Å². The number of hydrogen-bond acceptors (Lipinski definition) is 3. The molecular formula is C21H22N2O3. The Labute approximate surface area is 152 Å². The molecule has 4 heterocycles. The van der Waals surface area contributed by atoms with Crippen LogP contribution in [-0.2, 0) is 14.3 Å². The van der Waals surface area contributed by atoms with Crippen LogP contribution in [0, 0.1) is 11.8 Å². The van der Waals surface area contributed by atoms with Gasteiger partial charge in [0.15, 0.2) is 0 Å². The summed E-state index contributed by atoms with van der Waals surface area (Å²) in [7, 11) is 1.43. The molecule has 3 aliphatic rings. The monoisotopic (exact) mass is 350 g/mol. The van der Waals surface area contributed by atoms with Gasteiger partial charge >= 0.3 is 5.97 Å². The fourth-order valence-corrected chi connectivity index (χ4v) is 4.90. The number of para-hydroxylation sites is 1. The van der Waals surface area contributed by atoms with E-state index in [0.29, 0.717) is 11.5 Å². The van der Waals surface area contributed by atoms with Crippen molar-refractivity contribution >= 4 is 22.9 Å². The van der Waals surface area contributed by atoms with Crippen molar-refractivity contribution in [2.75, 3.05) is 13.7 Å². The van der Waals surface area contributed by atoms with Crippen molar-refractivity contribution in [3.05, 3.63) is 53.6 Å². The van der Waals surface area contributed by atoms with Crippen LogP contribution in [-0.4, -0.2) is 25.7 Å². The first-order chi connectivity index (χ1) is 12.7. The van der Waals surface area contributed by atoms with Crippen molar-refractivity contribution in [2.24, 2.45) is 11.8 Å². The molecule has 0 amide bonds. The highest BCUT2D eigenvalue weighted by atomic mass is 16.5. The number of carbonyl (C=O) groups is 1. The van der Waals surface area contributed by atoms with Crippen LogP contribution in [0.1, 0.15) is 30.6 Å². The highest BCUT2D eigenvalue weighted by molar-refractivity contribution is 5.91. The molecular weight excluding hydrogens is 328 g/mol. The number of esters is 1. The number of nitrogens with zero attached hydrogens (tertiary/aromatic N) is 1. The predicted octanol–water partition coefficient (Wildman–Crippen LogP) is 1.82. The van der Waals surface area contributed by atoms with E-state index in [0.717, 1.165) is 24.2 Å². The summed E-state index contributed by atoms with van der Waals surface area (Å²) in [5.41, 5.74) is 4.11. The van der Waals surface area contributed by atoms with E-state index in [1.54, 1.807) is 6.26 Å². The SMILES string of the molecule is COC(=O)C1=COC(C)C2C[NH+]3C=Cc4c([n-]c5ccccc45)C3CC12. The molecule has 1 aromatic carbocycles. The Morgan fingerprint density at radius 1 is 1.35 bits per heavy atom. The summed E-state index contributed by atoms with van der Waals surface area (Å²) in [5.74, 6) is 0.178. The van der Waals surface area contributed by atoms with E-state index in [9.17, 15) is 4.79 Å². The Hall–Kier alpha value is -2.53. The number of methoxy groups -OCH3 is 1. The summed E-state index contributed by atoms with van der Waals surface area (Å²) < 4.78 is 10.8. The van der Waals surface area contributed by atoms with Gasteiger partial charge in [0.05, 0.1) is 43.6 Å². The molecule has 5 nitrogen and oxygen atoms in total. The van der Waals surface area contributed by atoms with Gasteiger partial charge in [-0.1, -0.05) is 30.0 Å². The second kappa shape index (κ2) is 5.74. The van der Waals surface area contributed by atoms with Gasteiger partial charge in [0.1, 0.15) is 6.10 Å². The van der Waals surface area contributed by atoms with Gasteiger partial charge in [-0.15, -0.1) is 5.52 Å². The molecule has 0 aliphatic carbocycles. The number of fused-ring (bicyclic) bond motifs is 6. The van der Waals surface area contributed by atoms with E-state index in [1.807, 2.05) is 6.07 Å². The Morgan fingerprint density at radius 2 is 2.19 bits per heavy atom. The predicted molar refractivity (Wildman–Crippen MR) is 97.1 cm³/mol. The number of aromatic nitrogens is 1. The lowest BCUT2D eigenvalue weighted by molar-refractivity contribution is -0.893. The molecule has 0 spiro atoms. The zero-order valence-electron chi connectivity index (χ0n) is 14.9. The normalized spacial score (nSPS) is 32.1. The van der Waals surface area contributed by atoms with Gasteiger partial charge in [-0.05, 0) is 23.9 Å². The Kier molecular flexibility index (Phi) is 3.47. The molecule has 26 heavy (non-hydrogen) atoms. The molecule has 2 aromatic rings. The lowest BCUT2D eigenvalue weighted by Gasteiger charge is -2.46. The summed E-state index contributed by atoms with van der Waals surface area (Å²) in [6.45, 7) is 3.03. The van der Waals surface area contributed by atoms with Gasteiger partial charge in [-0.3, -0.25) is 0 Å². The Balaban J connectivity index is 1.57. The topological polar surface area (TPSA) is 54.1 Å². The largest absolute Gasteiger partial charge is 0.656 e. The smallest absolute Gasteiger partial charge is 0.337 e. The third kappa shape index (κ3) is 2.16. The molecule has 3 aliphatic heterocycles. The number of carbonyl (C=O) groups excluding carboxylic acids is 1. The molecule has 0 radical (unpaired) electrons. The van der Waals surface area contributed by atoms with Crippen molar-refractivity contribution in [3.63, 3.8) is 0 Å². The number of benzene rings is 1. The van der Waals surface area contributed by atoms with Gasteiger partial charge in [-0.25, -0.2) is 4.79 Å². The summed E-state index contributed by atoms with van der Waals surface area (Å²) in [4.78, 5) is 18.6. The number of quaternary nitrogens is 1. The third-order valence-electron chi connectivity index (χ3n) is 6.26. The maximum atomic E-state index is 12.3. The molecule has 5 heteroatoms. The van der Waals surface area contributed by atoms with Crippen LogP contribution in [0.5, 0.6) is 0 Å². The molecule has 5 rings (SSSR count). The van der Waals surface area contributed by atoms with Crippen molar-refractivity contribution in [1.82, 2.24) is 4.98 Å². The Bertz CT molecular complexity index is 942. The number of piperidine rings is 1. The maximum Gasteiger partial charge on any atom is 0.337 e. The lowest BCUT2D eigenvalue weighted by Crippen LogP contribution is -3.10. The summed E-state index contributed by atoms with van der Waals surface area (Å²) in [5, 5.41) is 1.21. The van der Waals surface area contributed by atoms with Gasteiger partial charge in [0.2, 0.25) is 0 Å².